The summed E-state index contributed by atoms with van der Waals surface area (Å²) in [6, 6.07) is 0. The number of likely N-dealkylation sites (tertiary alicyclic amines) is 1. The maximum Gasteiger partial charge on any atom is 0.281 e. The van der Waals surface area contributed by atoms with Crippen LogP contribution in [-0.4, -0.2) is 125 Å². The Balaban J connectivity index is 1.25. The fourth-order valence-corrected chi connectivity index (χ4v) is 5.15. The molecule has 230 valence electrons. The van der Waals surface area contributed by atoms with Crippen molar-refractivity contribution in [1.29, 1.82) is 0 Å². The van der Waals surface area contributed by atoms with Crippen LogP contribution in [0.5, 0.6) is 0 Å². The van der Waals surface area contributed by atoms with Crippen LogP contribution in [-0.2, 0) is 19.1 Å². The number of nitrogens with two attached hydrogens (primary N) is 1. The van der Waals surface area contributed by atoms with Crippen LogP contribution in [0.15, 0.2) is 18.9 Å². The van der Waals surface area contributed by atoms with E-state index in [4.69, 9.17) is 10.5 Å². The van der Waals surface area contributed by atoms with Gasteiger partial charge < -0.3 is 35.4 Å². The fraction of sp³-hybridized carbons (Fsp3) is 0.538. The van der Waals surface area contributed by atoms with Crippen LogP contribution in [0.4, 0.5) is 26.6 Å². The second-order valence-corrected chi connectivity index (χ2v) is 10.2. The summed E-state index contributed by atoms with van der Waals surface area (Å²) in [6.07, 6.45) is -0.000665. The normalized spacial score (nSPS) is 19.1. The van der Waals surface area contributed by atoms with E-state index in [1.54, 1.807) is 9.80 Å². The highest BCUT2D eigenvalue weighted by atomic mass is 19.3. The maximum atomic E-state index is 13.8. The lowest BCUT2D eigenvalue weighted by Gasteiger charge is -2.35. The van der Waals surface area contributed by atoms with Gasteiger partial charge in [-0.15, -0.1) is 0 Å². The van der Waals surface area contributed by atoms with Crippen molar-refractivity contribution in [1.82, 2.24) is 40.0 Å². The minimum Gasteiger partial charge on any atom is -0.378 e. The van der Waals surface area contributed by atoms with Gasteiger partial charge in [0.2, 0.25) is 35.6 Å². The van der Waals surface area contributed by atoms with E-state index in [2.05, 4.69) is 36.8 Å². The van der Waals surface area contributed by atoms with Gasteiger partial charge in [0.25, 0.3) is 6.43 Å². The summed E-state index contributed by atoms with van der Waals surface area (Å²) in [5.74, 6) is -0.821. The summed E-state index contributed by atoms with van der Waals surface area (Å²) in [6.45, 7) is 7.44. The predicted octanol–water partition coefficient (Wildman–Crippen LogP) is -0.516. The van der Waals surface area contributed by atoms with Gasteiger partial charge in [-0.3, -0.25) is 14.4 Å². The average Bonchev–Trinajstić information content (AvgIpc) is 3.54. The number of carbonyl (C=O) groups excluding carboxylic acids is 3. The lowest BCUT2D eigenvalue weighted by Crippen LogP contribution is -2.52. The first kappa shape index (κ1) is 29.9. The maximum absolute atomic E-state index is 13.8. The molecular formula is C26H33F2N11O4. The van der Waals surface area contributed by atoms with E-state index in [0.717, 1.165) is 0 Å². The molecule has 3 aliphatic rings. The fourth-order valence-electron chi connectivity index (χ4n) is 5.15. The van der Waals surface area contributed by atoms with Gasteiger partial charge >= 0.3 is 0 Å². The zero-order valence-electron chi connectivity index (χ0n) is 23.5. The van der Waals surface area contributed by atoms with Crippen molar-refractivity contribution in [3.05, 3.63) is 24.5 Å². The smallest absolute Gasteiger partial charge is 0.281 e. The van der Waals surface area contributed by atoms with Crippen LogP contribution in [0.1, 0.15) is 18.5 Å². The molecule has 43 heavy (non-hydrogen) atoms. The summed E-state index contributed by atoms with van der Waals surface area (Å²) in [7, 11) is 0. The zero-order valence-corrected chi connectivity index (χ0v) is 23.5. The molecule has 17 heteroatoms. The second-order valence-electron chi connectivity index (χ2n) is 10.2. The Morgan fingerprint density at radius 1 is 1.00 bits per heavy atom. The number of hydrogen-bond donors (Lipinski definition) is 2. The molecule has 0 aromatic carbocycles. The lowest BCUT2D eigenvalue weighted by molar-refractivity contribution is -0.134. The highest BCUT2D eigenvalue weighted by molar-refractivity contribution is 5.89. The summed E-state index contributed by atoms with van der Waals surface area (Å²) in [5, 5.41) is 2.69. The molecule has 5 rings (SSSR count). The number of nitrogens with one attached hydrogen (secondary N) is 1. The minimum atomic E-state index is -2.93. The van der Waals surface area contributed by atoms with Gasteiger partial charge in [-0.05, 0) is 12.5 Å². The number of anilines is 3. The number of ether oxygens (including phenoxy) is 1. The van der Waals surface area contributed by atoms with Gasteiger partial charge in [0.15, 0.2) is 5.82 Å². The van der Waals surface area contributed by atoms with Crippen molar-refractivity contribution in [2.45, 2.75) is 12.8 Å². The van der Waals surface area contributed by atoms with Crippen molar-refractivity contribution >= 4 is 35.6 Å². The number of halogens is 2. The molecular weight excluding hydrogens is 568 g/mol. The number of hydrogen-bond acceptors (Lipinski definition) is 12. The Morgan fingerprint density at radius 3 is 2.33 bits per heavy atom. The number of carbonyl (C=O) groups is 3. The van der Waals surface area contributed by atoms with Gasteiger partial charge in [0.05, 0.1) is 31.2 Å². The number of nitrogens with zero attached hydrogens (tertiary/aromatic N) is 9. The van der Waals surface area contributed by atoms with Crippen molar-refractivity contribution in [3.8, 4) is 11.4 Å². The van der Waals surface area contributed by atoms with E-state index < -0.39 is 12.1 Å². The van der Waals surface area contributed by atoms with Gasteiger partial charge in [0, 0.05) is 58.6 Å². The molecule has 0 spiro atoms. The van der Waals surface area contributed by atoms with Crippen LogP contribution >= 0.6 is 0 Å². The number of morpholine rings is 1. The first-order chi connectivity index (χ1) is 20.7. The zero-order chi connectivity index (χ0) is 30.5. The van der Waals surface area contributed by atoms with Crippen molar-refractivity contribution in [2.75, 3.05) is 87.7 Å². The molecule has 2 aromatic rings. The molecule has 15 nitrogen and oxygen atoms in total. The SMILES string of the molecule is C=CC(=O)N1CCC(C(=O)NCC(=O)N2CCN(c3nc(-c4cnc(N)nc4C(F)F)nc(N4CCOCC4)n3)CC2)C1. The summed E-state index contributed by atoms with van der Waals surface area (Å²) >= 11 is 0. The number of amides is 3. The third-order valence-corrected chi connectivity index (χ3v) is 7.56. The second kappa shape index (κ2) is 13.2. The molecule has 0 bridgehead atoms. The Kier molecular flexibility index (Phi) is 9.18. The van der Waals surface area contributed by atoms with Crippen LogP contribution in [0.3, 0.4) is 0 Å². The molecule has 0 saturated carbocycles. The summed E-state index contributed by atoms with van der Waals surface area (Å²) in [4.78, 5) is 65.3. The summed E-state index contributed by atoms with van der Waals surface area (Å²) in [5.41, 5.74) is 4.93. The van der Waals surface area contributed by atoms with Crippen LogP contribution in [0.25, 0.3) is 11.4 Å². The Bertz CT molecular complexity index is 1370. The van der Waals surface area contributed by atoms with Gasteiger partial charge in [-0.2, -0.15) is 15.0 Å². The number of alkyl halides is 2. The highest BCUT2D eigenvalue weighted by Gasteiger charge is 2.31. The Morgan fingerprint density at radius 2 is 1.67 bits per heavy atom. The molecule has 0 aliphatic carbocycles. The molecule has 3 N–H and O–H groups in total. The Labute approximate surface area is 246 Å². The standard InChI is InChI=1S/C26H33F2N11O4/c1-2-18(40)39-4-3-16(15-39)23(42)30-14-19(41)36-5-7-37(8-6-36)25-33-22(17-13-31-24(29)32-20(17)21(27)28)34-26(35-25)38-9-11-43-12-10-38/h2,13,16,21H,1,3-12,14-15H2,(H,30,42)(H2,29,31,32). The van der Waals surface area contributed by atoms with Crippen molar-refractivity contribution in [2.24, 2.45) is 5.92 Å². The number of piperazine rings is 1. The summed E-state index contributed by atoms with van der Waals surface area (Å²) < 4.78 is 33.1. The van der Waals surface area contributed by atoms with E-state index >= 15 is 0 Å². The number of nitrogen functional groups attached to an aromatic ring is 1. The predicted molar refractivity (Wildman–Crippen MR) is 150 cm³/mol. The number of rotatable bonds is 8. The van der Waals surface area contributed by atoms with Gasteiger partial charge in [-0.25, -0.2) is 18.7 Å². The van der Waals surface area contributed by atoms with E-state index in [1.807, 2.05) is 9.80 Å². The van der Waals surface area contributed by atoms with E-state index in [0.29, 0.717) is 77.9 Å². The van der Waals surface area contributed by atoms with Gasteiger partial charge in [-0.1, -0.05) is 6.58 Å². The number of aromatic nitrogens is 5. The third kappa shape index (κ3) is 6.93. The minimum absolute atomic E-state index is 0.0109. The quantitative estimate of drug-likeness (QED) is 0.371. The molecule has 3 saturated heterocycles. The highest BCUT2D eigenvalue weighted by Crippen LogP contribution is 2.30. The molecule has 1 unspecified atom stereocenters. The molecule has 5 heterocycles. The first-order valence-electron chi connectivity index (χ1n) is 13.9. The molecule has 0 radical (unpaired) electrons. The topological polar surface area (TPSA) is 176 Å². The Hall–Kier alpha value is -4.54. The lowest BCUT2D eigenvalue weighted by atomic mass is 10.1. The van der Waals surface area contributed by atoms with Crippen molar-refractivity contribution in [3.63, 3.8) is 0 Å². The molecule has 2 aromatic heterocycles. The molecule has 1 atom stereocenters. The first-order valence-corrected chi connectivity index (χ1v) is 13.9. The largest absolute Gasteiger partial charge is 0.378 e. The monoisotopic (exact) mass is 601 g/mol. The molecule has 3 fully saturated rings. The third-order valence-electron chi connectivity index (χ3n) is 7.56. The molecule has 3 amide bonds. The average molecular weight is 602 g/mol. The van der Waals surface area contributed by atoms with Crippen LogP contribution in [0.2, 0.25) is 0 Å². The van der Waals surface area contributed by atoms with E-state index in [-0.39, 0.29) is 53.5 Å². The van der Waals surface area contributed by atoms with E-state index in [9.17, 15) is 23.2 Å². The van der Waals surface area contributed by atoms with Gasteiger partial charge in [0.1, 0.15) is 5.69 Å². The van der Waals surface area contributed by atoms with Crippen LogP contribution < -0.4 is 20.9 Å². The van der Waals surface area contributed by atoms with Crippen LogP contribution in [0, 0.1) is 5.92 Å². The van der Waals surface area contributed by atoms with E-state index in [1.165, 1.54) is 12.3 Å². The molecule has 3 aliphatic heterocycles. The van der Waals surface area contributed by atoms with Crippen molar-refractivity contribution < 1.29 is 27.9 Å².